The normalized spacial score (nSPS) is 10.5. The molecule has 1 N–H and O–H groups in total. The molecule has 0 bridgehead atoms. The van der Waals surface area contributed by atoms with E-state index in [1.165, 1.54) is 12.1 Å². The Labute approximate surface area is 116 Å². The van der Waals surface area contributed by atoms with Gasteiger partial charge in [-0.15, -0.1) is 0 Å². The summed E-state index contributed by atoms with van der Waals surface area (Å²) in [6.45, 7) is 1.15. The summed E-state index contributed by atoms with van der Waals surface area (Å²) in [6.07, 6.45) is 1.68. The van der Waals surface area contributed by atoms with E-state index in [1.807, 2.05) is 12.1 Å². The van der Waals surface area contributed by atoms with Crippen molar-refractivity contribution < 1.29 is 9.13 Å². The second-order valence-electron chi connectivity index (χ2n) is 4.01. The SMILES string of the molecule is COc1ncccc1CNCc1ccc(F)cc1Cl. The Kier molecular flexibility index (Phi) is 4.71. The van der Waals surface area contributed by atoms with Crippen molar-refractivity contribution in [3.63, 3.8) is 0 Å². The van der Waals surface area contributed by atoms with Crippen molar-refractivity contribution in [3.8, 4) is 5.88 Å². The van der Waals surface area contributed by atoms with Crippen LogP contribution in [0.3, 0.4) is 0 Å². The van der Waals surface area contributed by atoms with E-state index in [0.717, 1.165) is 11.1 Å². The molecule has 2 aromatic rings. The van der Waals surface area contributed by atoms with E-state index in [1.54, 1.807) is 19.4 Å². The average Bonchev–Trinajstić information content (AvgIpc) is 2.42. The summed E-state index contributed by atoms with van der Waals surface area (Å²) in [4.78, 5) is 4.11. The van der Waals surface area contributed by atoms with Gasteiger partial charge in [0.1, 0.15) is 5.82 Å². The highest BCUT2D eigenvalue weighted by molar-refractivity contribution is 6.31. The number of pyridine rings is 1. The lowest BCUT2D eigenvalue weighted by Gasteiger charge is -2.09. The standard InChI is InChI=1S/C14H14ClFN2O/c1-19-14-11(3-2-6-18-14)9-17-8-10-4-5-12(16)7-13(10)15/h2-7,17H,8-9H2,1H3. The van der Waals surface area contributed by atoms with Crippen molar-refractivity contribution in [2.24, 2.45) is 0 Å². The molecule has 5 heteroatoms. The van der Waals surface area contributed by atoms with Crippen LogP contribution in [-0.4, -0.2) is 12.1 Å². The van der Waals surface area contributed by atoms with E-state index in [4.69, 9.17) is 16.3 Å². The van der Waals surface area contributed by atoms with Gasteiger partial charge in [-0.05, 0) is 23.8 Å². The molecule has 1 aromatic heterocycles. The van der Waals surface area contributed by atoms with Crippen molar-refractivity contribution in [1.29, 1.82) is 0 Å². The first kappa shape index (κ1) is 13.8. The fraction of sp³-hybridized carbons (Fsp3) is 0.214. The van der Waals surface area contributed by atoms with Crippen LogP contribution in [0.15, 0.2) is 36.5 Å². The summed E-state index contributed by atoms with van der Waals surface area (Å²) in [7, 11) is 1.59. The number of ether oxygens (including phenoxy) is 1. The van der Waals surface area contributed by atoms with E-state index >= 15 is 0 Å². The fourth-order valence-electron chi connectivity index (χ4n) is 1.74. The highest BCUT2D eigenvalue weighted by atomic mass is 35.5. The topological polar surface area (TPSA) is 34.1 Å². The predicted octanol–water partition coefficient (Wildman–Crippen LogP) is 3.17. The molecule has 0 fully saturated rings. The molecule has 0 radical (unpaired) electrons. The number of nitrogens with one attached hydrogen (secondary N) is 1. The van der Waals surface area contributed by atoms with Crippen LogP contribution < -0.4 is 10.1 Å². The third-order valence-electron chi connectivity index (χ3n) is 2.69. The largest absolute Gasteiger partial charge is 0.481 e. The number of nitrogens with zero attached hydrogens (tertiary/aromatic N) is 1. The third kappa shape index (κ3) is 3.66. The van der Waals surface area contributed by atoms with Crippen molar-refractivity contribution in [1.82, 2.24) is 10.3 Å². The molecule has 0 amide bonds. The molecule has 0 unspecified atom stereocenters. The molecule has 1 heterocycles. The summed E-state index contributed by atoms with van der Waals surface area (Å²) in [6, 6.07) is 8.16. The molecule has 1 aromatic carbocycles. The average molecular weight is 281 g/mol. The number of aromatic nitrogens is 1. The van der Waals surface area contributed by atoms with Crippen LogP contribution in [0.5, 0.6) is 5.88 Å². The maximum Gasteiger partial charge on any atom is 0.217 e. The lowest BCUT2D eigenvalue weighted by molar-refractivity contribution is 0.390. The second kappa shape index (κ2) is 6.50. The van der Waals surface area contributed by atoms with Gasteiger partial charge in [0.15, 0.2) is 0 Å². The first-order valence-electron chi connectivity index (χ1n) is 5.83. The zero-order chi connectivity index (χ0) is 13.7. The van der Waals surface area contributed by atoms with E-state index in [-0.39, 0.29) is 5.82 Å². The molecule has 0 atom stereocenters. The molecular weight excluding hydrogens is 267 g/mol. The number of hydrogen-bond acceptors (Lipinski definition) is 3. The Morgan fingerprint density at radius 2 is 2.05 bits per heavy atom. The lowest BCUT2D eigenvalue weighted by atomic mass is 10.2. The van der Waals surface area contributed by atoms with Crippen molar-refractivity contribution in [2.75, 3.05) is 7.11 Å². The molecule has 2 rings (SSSR count). The molecule has 100 valence electrons. The van der Waals surface area contributed by atoms with Gasteiger partial charge in [0, 0.05) is 29.9 Å². The van der Waals surface area contributed by atoms with Gasteiger partial charge in [0.2, 0.25) is 5.88 Å². The highest BCUT2D eigenvalue weighted by Crippen LogP contribution is 2.18. The van der Waals surface area contributed by atoms with E-state index in [9.17, 15) is 4.39 Å². The Bertz CT molecular complexity index is 563. The molecule has 0 saturated heterocycles. The fourth-order valence-corrected chi connectivity index (χ4v) is 1.97. The van der Waals surface area contributed by atoms with Crippen LogP contribution in [-0.2, 0) is 13.1 Å². The highest BCUT2D eigenvalue weighted by Gasteiger charge is 2.04. The van der Waals surface area contributed by atoms with Gasteiger partial charge in [0.25, 0.3) is 0 Å². The number of benzene rings is 1. The van der Waals surface area contributed by atoms with Gasteiger partial charge in [0.05, 0.1) is 7.11 Å². The Morgan fingerprint density at radius 3 is 2.79 bits per heavy atom. The van der Waals surface area contributed by atoms with Crippen LogP contribution in [0.25, 0.3) is 0 Å². The maximum atomic E-state index is 12.9. The van der Waals surface area contributed by atoms with Gasteiger partial charge in [-0.1, -0.05) is 23.7 Å². The third-order valence-corrected chi connectivity index (χ3v) is 3.04. The first-order chi connectivity index (χ1) is 9.20. The predicted molar refractivity (Wildman–Crippen MR) is 72.7 cm³/mol. The minimum Gasteiger partial charge on any atom is -0.481 e. The summed E-state index contributed by atoms with van der Waals surface area (Å²) in [5.74, 6) is 0.267. The molecule has 0 spiro atoms. The van der Waals surface area contributed by atoms with Crippen molar-refractivity contribution >= 4 is 11.6 Å². The quantitative estimate of drug-likeness (QED) is 0.913. The first-order valence-corrected chi connectivity index (χ1v) is 6.21. The van der Waals surface area contributed by atoms with E-state index in [0.29, 0.717) is 24.0 Å². The molecule has 19 heavy (non-hydrogen) atoms. The van der Waals surface area contributed by atoms with Gasteiger partial charge in [-0.3, -0.25) is 0 Å². The van der Waals surface area contributed by atoms with Crippen molar-refractivity contribution in [3.05, 3.63) is 58.5 Å². The number of rotatable bonds is 5. The number of hydrogen-bond donors (Lipinski definition) is 1. The van der Waals surface area contributed by atoms with Gasteiger partial charge < -0.3 is 10.1 Å². The molecule has 3 nitrogen and oxygen atoms in total. The van der Waals surface area contributed by atoms with Crippen LogP contribution >= 0.6 is 11.6 Å². The zero-order valence-corrected chi connectivity index (χ0v) is 11.2. The molecule has 0 aliphatic rings. The Hall–Kier alpha value is -1.65. The molecule has 0 saturated carbocycles. The molecular formula is C14H14ClFN2O. The van der Waals surface area contributed by atoms with Crippen LogP contribution in [0.1, 0.15) is 11.1 Å². The van der Waals surface area contributed by atoms with E-state index in [2.05, 4.69) is 10.3 Å². The smallest absolute Gasteiger partial charge is 0.217 e. The Balaban J connectivity index is 1.96. The van der Waals surface area contributed by atoms with E-state index < -0.39 is 0 Å². The Morgan fingerprint density at radius 1 is 1.26 bits per heavy atom. The second-order valence-corrected chi connectivity index (χ2v) is 4.42. The summed E-state index contributed by atoms with van der Waals surface area (Å²) in [5.41, 5.74) is 1.81. The summed E-state index contributed by atoms with van der Waals surface area (Å²) >= 11 is 5.95. The van der Waals surface area contributed by atoms with Crippen LogP contribution in [0.4, 0.5) is 4.39 Å². The summed E-state index contributed by atoms with van der Waals surface area (Å²) < 4.78 is 18.1. The minimum atomic E-state index is -0.331. The zero-order valence-electron chi connectivity index (χ0n) is 10.5. The minimum absolute atomic E-state index is 0.331. The number of methoxy groups -OCH3 is 1. The molecule has 0 aliphatic carbocycles. The van der Waals surface area contributed by atoms with Crippen LogP contribution in [0, 0.1) is 5.82 Å². The maximum absolute atomic E-state index is 12.9. The monoisotopic (exact) mass is 280 g/mol. The van der Waals surface area contributed by atoms with Crippen LogP contribution in [0.2, 0.25) is 5.02 Å². The lowest BCUT2D eigenvalue weighted by Crippen LogP contribution is -2.14. The van der Waals surface area contributed by atoms with Gasteiger partial charge in [-0.25, -0.2) is 9.37 Å². The van der Waals surface area contributed by atoms with Crippen molar-refractivity contribution in [2.45, 2.75) is 13.1 Å². The van der Waals surface area contributed by atoms with Gasteiger partial charge >= 0.3 is 0 Å². The van der Waals surface area contributed by atoms with Gasteiger partial charge in [-0.2, -0.15) is 0 Å². The number of halogens is 2. The summed E-state index contributed by atoms with van der Waals surface area (Å²) in [5, 5.41) is 3.65. The molecule has 0 aliphatic heterocycles.